The number of aromatic hydroxyl groups is 2. The monoisotopic (exact) mass is 444 g/mol. The van der Waals surface area contributed by atoms with Crippen molar-refractivity contribution in [3.63, 3.8) is 0 Å². The van der Waals surface area contributed by atoms with Crippen LogP contribution in [0.4, 0.5) is 0 Å². The SMILES string of the molecule is CC1O[C@H]2CC(=O)O[C@H]2C2=C1C(=O)c1c(O)c3c(c(O)c1C2=O)[C@H]1C[C@@H](O)[C@]3(O)[C@@H](C)O1. The van der Waals surface area contributed by atoms with Crippen LogP contribution in [0.1, 0.15) is 64.6 Å². The van der Waals surface area contributed by atoms with E-state index in [0.29, 0.717) is 0 Å². The summed E-state index contributed by atoms with van der Waals surface area (Å²) in [7, 11) is 0. The van der Waals surface area contributed by atoms with Crippen molar-refractivity contribution in [1.82, 2.24) is 0 Å². The zero-order valence-electron chi connectivity index (χ0n) is 17.1. The highest BCUT2D eigenvalue weighted by Gasteiger charge is 2.60. The Labute approximate surface area is 181 Å². The van der Waals surface area contributed by atoms with Crippen LogP contribution in [0, 0.1) is 0 Å². The summed E-state index contributed by atoms with van der Waals surface area (Å²) in [5.41, 5.74) is -3.36. The lowest BCUT2D eigenvalue weighted by atomic mass is 9.66. The van der Waals surface area contributed by atoms with Gasteiger partial charge in [-0.1, -0.05) is 0 Å². The van der Waals surface area contributed by atoms with Gasteiger partial charge in [0.25, 0.3) is 0 Å². The highest BCUT2D eigenvalue weighted by atomic mass is 16.6. The lowest BCUT2D eigenvalue weighted by Crippen LogP contribution is -2.58. The minimum atomic E-state index is -2.08. The molecule has 4 N–H and O–H groups in total. The minimum Gasteiger partial charge on any atom is -0.507 e. The smallest absolute Gasteiger partial charge is 0.309 e. The number of ketones is 2. The standard InChI is InChI=1S/C22H20O10/c1-5-11-15(21-8(30-5)4-10(24)32-21)19(27)13-14(17(11)25)20(28)16-12(18(13)26)7-3-9(23)22(16,29)6(2)31-7/h5-9,21,23,26,28-29H,3-4H2,1-2H3/t5?,6-,7-,8+,9-,21-,22-/m1/s1. The van der Waals surface area contributed by atoms with Gasteiger partial charge < -0.3 is 34.6 Å². The van der Waals surface area contributed by atoms with Gasteiger partial charge in [-0.05, 0) is 13.8 Å². The Bertz CT molecular complexity index is 1170. The fourth-order valence-corrected chi connectivity index (χ4v) is 5.95. The Morgan fingerprint density at radius 1 is 0.969 bits per heavy atom. The average molecular weight is 444 g/mol. The van der Waals surface area contributed by atoms with E-state index in [2.05, 4.69) is 0 Å². The Morgan fingerprint density at radius 3 is 2.31 bits per heavy atom. The molecule has 7 rings (SSSR count). The third kappa shape index (κ3) is 2.06. The van der Waals surface area contributed by atoms with Crippen LogP contribution in [0.3, 0.4) is 0 Å². The van der Waals surface area contributed by atoms with Crippen LogP contribution in [-0.4, -0.2) is 68.5 Å². The van der Waals surface area contributed by atoms with Gasteiger partial charge in [0.1, 0.15) is 23.2 Å². The molecule has 0 radical (unpaired) electrons. The summed E-state index contributed by atoms with van der Waals surface area (Å²) >= 11 is 0. The molecular formula is C22H20O10. The molecule has 1 unspecified atom stereocenters. The number of fused-ring (bicyclic) bond motifs is 5. The number of rotatable bonds is 0. The maximum Gasteiger partial charge on any atom is 0.309 e. The Hall–Kier alpha value is -2.79. The molecule has 32 heavy (non-hydrogen) atoms. The summed E-state index contributed by atoms with van der Waals surface area (Å²) in [4.78, 5) is 39.0. The molecule has 7 atom stereocenters. The van der Waals surface area contributed by atoms with E-state index in [1.807, 2.05) is 0 Å². The summed E-state index contributed by atoms with van der Waals surface area (Å²) < 4.78 is 16.7. The summed E-state index contributed by atoms with van der Waals surface area (Å²) in [5, 5.41) is 44.1. The van der Waals surface area contributed by atoms with Crippen molar-refractivity contribution in [2.24, 2.45) is 0 Å². The first-order chi connectivity index (χ1) is 15.1. The van der Waals surface area contributed by atoms with E-state index in [1.165, 1.54) is 6.92 Å². The van der Waals surface area contributed by atoms with Crippen molar-refractivity contribution >= 4 is 17.5 Å². The first kappa shape index (κ1) is 19.9. The third-order valence-corrected chi connectivity index (χ3v) is 7.41. The van der Waals surface area contributed by atoms with E-state index in [9.17, 15) is 34.8 Å². The quantitative estimate of drug-likeness (QED) is 0.323. The number of hydrogen-bond donors (Lipinski definition) is 4. The van der Waals surface area contributed by atoms with Gasteiger partial charge in [0.2, 0.25) is 0 Å². The molecule has 1 aromatic rings. The van der Waals surface area contributed by atoms with Gasteiger partial charge in [-0.25, -0.2) is 0 Å². The van der Waals surface area contributed by atoms with Crippen molar-refractivity contribution in [3.05, 3.63) is 33.4 Å². The molecule has 1 aromatic carbocycles. The normalized spacial score (nSPS) is 39.4. The van der Waals surface area contributed by atoms with Crippen molar-refractivity contribution in [2.45, 2.75) is 68.9 Å². The van der Waals surface area contributed by atoms with Crippen LogP contribution in [0.2, 0.25) is 0 Å². The van der Waals surface area contributed by atoms with Crippen LogP contribution >= 0.6 is 0 Å². The third-order valence-electron chi connectivity index (χ3n) is 7.41. The number of esters is 1. The van der Waals surface area contributed by atoms with Gasteiger partial charge in [0.05, 0.1) is 47.5 Å². The van der Waals surface area contributed by atoms with Gasteiger partial charge >= 0.3 is 5.97 Å². The second-order valence-corrected chi connectivity index (χ2v) is 9.00. The maximum absolute atomic E-state index is 13.6. The van der Waals surface area contributed by atoms with Gasteiger partial charge in [-0.2, -0.15) is 0 Å². The highest BCUT2D eigenvalue weighted by Crippen LogP contribution is 2.59. The molecule has 0 aromatic heterocycles. The van der Waals surface area contributed by atoms with Crippen LogP contribution in [0.5, 0.6) is 11.5 Å². The topological polar surface area (TPSA) is 160 Å². The van der Waals surface area contributed by atoms with Crippen molar-refractivity contribution in [2.75, 3.05) is 0 Å². The Morgan fingerprint density at radius 2 is 1.62 bits per heavy atom. The van der Waals surface area contributed by atoms with Gasteiger partial charge in [-0.15, -0.1) is 0 Å². The highest BCUT2D eigenvalue weighted by molar-refractivity contribution is 6.30. The second-order valence-electron chi connectivity index (χ2n) is 9.00. The number of Topliss-reactive ketones (excluding diaryl/α,β-unsaturated/α-hetero) is 2. The first-order valence-corrected chi connectivity index (χ1v) is 10.4. The molecule has 4 heterocycles. The minimum absolute atomic E-state index is 0.0302. The molecule has 10 heteroatoms. The largest absolute Gasteiger partial charge is 0.507 e. The number of carbonyl (C=O) groups is 3. The Balaban J connectivity index is 1.64. The number of hydrogen-bond acceptors (Lipinski definition) is 10. The van der Waals surface area contributed by atoms with Gasteiger partial charge in [-0.3, -0.25) is 14.4 Å². The van der Waals surface area contributed by atoms with E-state index >= 15 is 0 Å². The molecule has 2 aliphatic carbocycles. The number of carbonyl (C=O) groups excluding carboxylic acids is 3. The van der Waals surface area contributed by atoms with Crippen LogP contribution in [0.15, 0.2) is 11.1 Å². The summed E-state index contributed by atoms with van der Waals surface area (Å²) in [5.74, 6) is -3.38. The van der Waals surface area contributed by atoms with Crippen molar-refractivity contribution in [1.29, 1.82) is 0 Å². The molecule has 2 bridgehead atoms. The molecule has 2 fully saturated rings. The number of phenolic OH excluding ortho intramolecular Hbond substituents is 2. The molecule has 10 nitrogen and oxygen atoms in total. The fourth-order valence-electron chi connectivity index (χ4n) is 5.95. The Kier molecular flexibility index (Phi) is 3.70. The molecule has 0 saturated carbocycles. The van der Waals surface area contributed by atoms with E-state index in [1.54, 1.807) is 6.92 Å². The predicted molar refractivity (Wildman–Crippen MR) is 102 cm³/mol. The molecule has 0 amide bonds. The number of phenols is 2. The molecular weight excluding hydrogens is 424 g/mol. The lowest BCUT2D eigenvalue weighted by Gasteiger charge is -2.52. The summed E-state index contributed by atoms with van der Waals surface area (Å²) in [6.45, 7) is 3.06. The van der Waals surface area contributed by atoms with E-state index < -0.39 is 82.4 Å². The van der Waals surface area contributed by atoms with Crippen molar-refractivity contribution < 1.29 is 49.0 Å². The van der Waals surface area contributed by atoms with E-state index in [4.69, 9.17) is 14.2 Å². The summed E-state index contributed by atoms with van der Waals surface area (Å²) in [6.07, 6.45) is -5.98. The number of benzene rings is 1. The number of aliphatic hydroxyl groups excluding tert-OH is 1. The fraction of sp³-hybridized carbons (Fsp3) is 0.500. The van der Waals surface area contributed by atoms with Crippen LogP contribution in [0.25, 0.3) is 0 Å². The molecule has 2 saturated heterocycles. The van der Waals surface area contributed by atoms with Crippen molar-refractivity contribution in [3.8, 4) is 11.5 Å². The van der Waals surface area contributed by atoms with E-state index in [-0.39, 0.29) is 35.1 Å². The molecule has 168 valence electrons. The van der Waals surface area contributed by atoms with Crippen LogP contribution < -0.4 is 0 Å². The number of ether oxygens (including phenoxy) is 3. The van der Waals surface area contributed by atoms with Crippen LogP contribution in [-0.2, 0) is 24.6 Å². The first-order valence-electron chi connectivity index (χ1n) is 10.4. The van der Waals surface area contributed by atoms with E-state index in [0.717, 1.165) is 0 Å². The zero-order chi connectivity index (χ0) is 22.9. The lowest BCUT2D eigenvalue weighted by molar-refractivity contribution is -0.246. The molecule has 4 aliphatic heterocycles. The van der Waals surface area contributed by atoms with Gasteiger partial charge in [0.15, 0.2) is 17.7 Å². The maximum atomic E-state index is 13.6. The average Bonchev–Trinajstić information content (AvgIpc) is 3.09. The second kappa shape index (κ2) is 5.96. The predicted octanol–water partition coefficient (Wildman–Crippen LogP) is 0.288. The zero-order valence-corrected chi connectivity index (χ0v) is 17.1. The van der Waals surface area contributed by atoms with Gasteiger partial charge in [0, 0.05) is 23.1 Å². The summed E-state index contributed by atoms with van der Waals surface area (Å²) in [6, 6.07) is 0. The number of aliphatic hydroxyl groups is 2. The molecule has 0 spiro atoms. The molecule has 6 aliphatic rings.